The summed E-state index contributed by atoms with van der Waals surface area (Å²) in [5.41, 5.74) is 6.52. The predicted octanol–water partition coefficient (Wildman–Crippen LogP) is 3.02. The molecule has 17 heavy (non-hydrogen) atoms. The van der Waals surface area contributed by atoms with E-state index in [-0.39, 0.29) is 0 Å². The van der Waals surface area contributed by atoms with Gasteiger partial charge in [0.1, 0.15) is 0 Å². The molecule has 2 heteroatoms. The second-order valence-corrected chi connectivity index (χ2v) is 6.29. The third kappa shape index (κ3) is 2.68. The van der Waals surface area contributed by atoms with Gasteiger partial charge >= 0.3 is 0 Å². The number of nitrogens with zero attached hydrogens (tertiary/aromatic N) is 1. The van der Waals surface area contributed by atoms with Crippen LogP contribution in [0.25, 0.3) is 0 Å². The van der Waals surface area contributed by atoms with Crippen LogP contribution in [-0.2, 0) is 0 Å². The zero-order valence-corrected chi connectivity index (χ0v) is 11.8. The molecule has 1 saturated carbocycles. The Hall–Kier alpha value is -0.0800. The van der Waals surface area contributed by atoms with Crippen LogP contribution in [0.4, 0.5) is 0 Å². The average Bonchev–Trinajstić information content (AvgIpc) is 2.88. The van der Waals surface area contributed by atoms with Crippen LogP contribution in [0.3, 0.4) is 0 Å². The number of hydrogen-bond acceptors (Lipinski definition) is 2. The molecule has 100 valence electrons. The monoisotopic (exact) mass is 238 g/mol. The fourth-order valence-corrected chi connectivity index (χ4v) is 3.87. The van der Waals surface area contributed by atoms with Gasteiger partial charge in [0.25, 0.3) is 0 Å². The maximum absolute atomic E-state index is 6.15. The van der Waals surface area contributed by atoms with Crippen molar-refractivity contribution in [1.29, 1.82) is 0 Å². The summed E-state index contributed by atoms with van der Waals surface area (Å²) in [7, 11) is 0. The number of rotatable bonds is 4. The van der Waals surface area contributed by atoms with E-state index in [9.17, 15) is 0 Å². The third-order valence-corrected chi connectivity index (χ3v) is 5.53. The van der Waals surface area contributed by atoms with Gasteiger partial charge in [-0.3, -0.25) is 4.90 Å². The van der Waals surface area contributed by atoms with Crippen LogP contribution >= 0.6 is 0 Å². The second-order valence-electron chi connectivity index (χ2n) is 6.29. The molecule has 0 aromatic rings. The highest BCUT2D eigenvalue weighted by atomic mass is 15.2. The minimum atomic E-state index is 0.371. The summed E-state index contributed by atoms with van der Waals surface area (Å²) in [6.45, 7) is 8.15. The van der Waals surface area contributed by atoms with Crippen molar-refractivity contribution < 1.29 is 0 Å². The Bertz CT molecular complexity index is 231. The molecule has 2 rings (SSSR count). The van der Waals surface area contributed by atoms with Gasteiger partial charge in [0.15, 0.2) is 0 Å². The summed E-state index contributed by atoms with van der Waals surface area (Å²) < 4.78 is 0. The van der Waals surface area contributed by atoms with Crippen molar-refractivity contribution in [3.63, 3.8) is 0 Å². The zero-order chi connectivity index (χ0) is 12.3. The fraction of sp³-hybridized carbons (Fsp3) is 1.00. The Kier molecular flexibility index (Phi) is 4.48. The second kappa shape index (κ2) is 5.71. The van der Waals surface area contributed by atoms with Crippen molar-refractivity contribution in [3.05, 3.63) is 0 Å². The van der Waals surface area contributed by atoms with E-state index in [2.05, 4.69) is 18.7 Å². The lowest BCUT2D eigenvalue weighted by Gasteiger charge is -2.46. The van der Waals surface area contributed by atoms with E-state index in [1.165, 1.54) is 58.0 Å². The lowest BCUT2D eigenvalue weighted by molar-refractivity contribution is 0.0588. The summed E-state index contributed by atoms with van der Waals surface area (Å²) in [6.07, 6.45) is 9.60. The first-order valence-electron chi connectivity index (χ1n) is 7.69. The number of nitrogens with two attached hydrogens (primary N) is 1. The van der Waals surface area contributed by atoms with Gasteiger partial charge in [-0.05, 0) is 50.5 Å². The molecule has 1 atom stereocenters. The SMILES string of the molecule is CCC1CCC(CN)(N2CCC(CC)C2)CC1. The smallest absolute Gasteiger partial charge is 0.0332 e. The van der Waals surface area contributed by atoms with E-state index in [0.29, 0.717) is 5.54 Å². The number of likely N-dealkylation sites (tertiary alicyclic amines) is 1. The summed E-state index contributed by atoms with van der Waals surface area (Å²) in [6, 6.07) is 0. The standard InChI is InChI=1S/C15H30N2/c1-3-13-5-8-15(12-16,9-6-13)17-10-7-14(4-2)11-17/h13-14H,3-12,16H2,1-2H3. The molecular weight excluding hydrogens is 208 g/mol. The molecule has 0 spiro atoms. The van der Waals surface area contributed by atoms with Crippen LogP contribution in [0, 0.1) is 11.8 Å². The maximum Gasteiger partial charge on any atom is 0.0332 e. The van der Waals surface area contributed by atoms with Crippen LogP contribution < -0.4 is 5.73 Å². The summed E-state index contributed by atoms with van der Waals surface area (Å²) in [5, 5.41) is 0. The molecule has 1 aliphatic carbocycles. The predicted molar refractivity (Wildman–Crippen MR) is 74.0 cm³/mol. The van der Waals surface area contributed by atoms with Crippen molar-refractivity contribution in [2.75, 3.05) is 19.6 Å². The first-order valence-corrected chi connectivity index (χ1v) is 7.69. The molecule has 2 fully saturated rings. The van der Waals surface area contributed by atoms with Crippen LogP contribution in [0.1, 0.15) is 58.8 Å². The Morgan fingerprint density at radius 3 is 2.18 bits per heavy atom. The normalized spacial score (nSPS) is 39.7. The van der Waals surface area contributed by atoms with Gasteiger partial charge in [0.2, 0.25) is 0 Å². The molecule has 0 amide bonds. The summed E-state index contributed by atoms with van der Waals surface area (Å²) >= 11 is 0. The van der Waals surface area contributed by atoms with Crippen molar-refractivity contribution in [3.8, 4) is 0 Å². The first kappa shape index (κ1) is 13.4. The zero-order valence-electron chi connectivity index (χ0n) is 11.8. The van der Waals surface area contributed by atoms with E-state index in [4.69, 9.17) is 5.73 Å². The lowest BCUT2D eigenvalue weighted by atomic mass is 9.74. The van der Waals surface area contributed by atoms with Gasteiger partial charge in [0, 0.05) is 18.6 Å². The molecule has 1 aliphatic heterocycles. The van der Waals surface area contributed by atoms with Gasteiger partial charge in [-0.1, -0.05) is 26.7 Å². The molecule has 0 radical (unpaired) electrons. The Morgan fingerprint density at radius 1 is 1.06 bits per heavy atom. The Balaban J connectivity index is 1.96. The van der Waals surface area contributed by atoms with E-state index in [1.54, 1.807) is 0 Å². The molecule has 1 heterocycles. The van der Waals surface area contributed by atoms with Crippen molar-refractivity contribution in [1.82, 2.24) is 4.90 Å². The first-order chi connectivity index (χ1) is 8.24. The molecule has 0 aromatic heterocycles. The van der Waals surface area contributed by atoms with Crippen LogP contribution in [-0.4, -0.2) is 30.1 Å². The van der Waals surface area contributed by atoms with Crippen molar-refractivity contribution in [2.45, 2.75) is 64.3 Å². The van der Waals surface area contributed by atoms with Gasteiger partial charge < -0.3 is 5.73 Å². The molecule has 2 aliphatic rings. The minimum absolute atomic E-state index is 0.371. The topological polar surface area (TPSA) is 29.3 Å². The molecule has 0 aromatic carbocycles. The summed E-state index contributed by atoms with van der Waals surface area (Å²) in [4.78, 5) is 2.74. The van der Waals surface area contributed by atoms with Crippen LogP contribution in [0.2, 0.25) is 0 Å². The highest BCUT2D eigenvalue weighted by Crippen LogP contribution is 2.39. The highest BCUT2D eigenvalue weighted by Gasteiger charge is 2.41. The molecular formula is C15H30N2. The van der Waals surface area contributed by atoms with Crippen LogP contribution in [0.5, 0.6) is 0 Å². The van der Waals surface area contributed by atoms with Gasteiger partial charge in [-0.2, -0.15) is 0 Å². The Morgan fingerprint density at radius 2 is 1.71 bits per heavy atom. The van der Waals surface area contributed by atoms with E-state index >= 15 is 0 Å². The summed E-state index contributed by atoms with van der Waals surface area (Å²) in [5.74, 6) is 1.90. The highest BCUT2D eigenvalue weighted by molar-refractivity contribution is 4.98. The van der Waals surface area contributed by atoms with Crippen LogP contribution in [0.15, 0.2) is 0 Å². The van der Waals surface area contributed by atoms with Crippen molar-refractivity contribution in [2.24, 2.45) is 17.6 Å². The molecule has 1 unspecified atom stereocenters. The maximum atomic E-state index is 6.15. The molecule has 1 saturated heterocycles. The fourth-order valence-electron chi connectivity index (χ4n) is 3.87. The Labute approximate surface area is 107 Å². The molecule has 0 bridgehead atoms. The molecule has 2 nitrogen and oxygen atoms in total. The van der Waals surface area contributed by atoms with Crippen molar-refractivity contribution >= 4 is 0 Å². The van der Waals surface area contributed by atoms with E-state index < -0.39 is 0 Å². The number of hydrogen-bond donors (Lipinski definition) is 1. The van der Waals surface area contributed by atoms with Gasteiger partial charge in [-0.25, -0.2) is 0 Å². The quantitative estimate of drug-likeness (QED) is 0.816. The van der Waals surface area contributed by atoms with Gasteiger partial charge in [0.05, 0.1) is 0 Å². The minimum Gasteiger partial charge on any atom is -0.329 e. The largest absolute Gasteiger partial charge is 0.329 e. The van der Waals surface area contributed by atoms with E-state index in [1.807, 2.05) is 0 Å². The lowest BCUT2D eigenvalue weighted by Crippen LogP contribution is -2.54. The van der Waals surface area contributed by atoms with E-state index in [0.717, 1.165) is 18.4 Å². The van der Waals surface area contributed by atoms with Gasteiger partial charge in [-0.15, -0.1) is 0 Å². The third-order valence-electron chi connectivity index (χ3n) is 5.53. The molecule has 2 N–H and O–H groups in total. The average molecular weight is 238 g/mol.